The van der Waals surface area contributed by atoms with Crippen molar-refractivity contribution in [3.05, 3.63) is 107 Å². The largest absolute Gasteiger partial charge is 0.480 e. The van der Waals surface area contributed by atoms with Crippen molar-refractivity contribution < 1.29 is 19.5 Å². The molecule has 0 fully saturated rings. The third-order valence-corrected chi connectivity index (χ3v) is 6.24. The molecule has 6 heteroatoms. The van der Waals surface area contributed by atoms with Crippen LogP contribution in [0.15, 0.2) is 78.9 Å². The molecule has 0 aliphatic carbocycles. The second kappa shape index (κ2) is 10.3. The molecule has 0 bridgehead atoms. The van der Waals surface area contributed by atoms with Crippen molar-refractivity contribution in [2.75, 3.05) is 13.1 Å². The van der Waals surface area contributed by atoms with E-state index in [-0.39, 0.29) is 18.4 Å². The lowest BCUT2D eigenvalue weighted by molar-refractivity contribution is -0.146. The third kappa shape index (κ3) is 5.34. The Labute approximate surface area is 199 Å². The minimum atomic E-state index is -1.07. The predicted octanol–water partition coefficient (Wildman–Crippen LogP) is 3.72. The number of benzene rings is 3. The van der Waals surface area contributed by atoms with Crippen LogP contribution >= 0.6 is 0 Å². The van der Waals surface area contributed by atoms with Gasteiger partial charge in [-0.15, -0.1) is 0 Å². The van der Waals surface area contributed by atoms with Crippen LogP contribution in [-0.2, 0) is 29.0 Å². The number of carboxylic acid groups (broad SMARTS) is 1. The molecule has 3 aromatic rings. The van der Waals surface area contributed by atoms with Crippen LogP contribution in [-0.4, -0.2) is 51.8 Å². The first kappa shape index (κ1) is 23.2. The highest BCUT2D eigenvalue weighted by Gasteiger charge is 2.37. The molecule has 174 valence electrons. The van der Waals surface area contributed by atoms with Crippen LogP contribution in [0.25, 0.3) is 0 Å². The zero-order valence-electron chi connectivity index (χ0n) is 19.2. The summed E-state index contributed by atoms with van der Waals surface area (Å²) in [4.78, 5) is 41.8. The van der Waals surface area contributed by atoms with E-state index < -0.39 is 18.6 Å². The molecule has 1 heterocycles. The van der Waals surface area contributed by atoms with Crippen molar-refractivity contribution in [3.63, 3.8) is 0 Å². The number of nitrogens with zero attached hydrogens (tertiary/aromatic N) is 2. The summed E-state index contributed by atoms with van der Waals surface area (Å²) in [6.07, 6.45) is 0.892. The van der Waals surface area contributed by atoms with Crippen molar-refractivity contribution in [1.82, 2.24) is 9.80 Å². The Morgan fingerprint density at radius 3 is 2.24 bits per heavy atom. The number of carboxylic acids is 1. The van der Waals surface area contributed by atoms with E-state index in [4.69, 9.17) is 0 Å². The second-order valence-electron chi connectivity index (χ2n) is 8.68. The summed E-state index contributed by atoms with van der Waals surface area (Å²) < 4.78 is 0. The Bertz CT molecular complexity index is 1170. The molecule has 1 unspecified atom stereocenters. The van der Waals surface area contributed by atoms with Crippen molar-refractivity contribution >= 4 is 17.8 Å². The van der Waals surface area contributed by atoms with Crippen LogP contribution in [0.4, 0.5) is 0 Å². The number of fused-ring (bicyclic) bond motifs is 1. The maximum atomic E-state index is 13.7. The number of carbonyl (C=O) groups is 3. The Morgan fingerprint density at radius 1 is 0.912 bits per heavy atom. The molecule has 1 N–H and O–H groups in total. The average molecular weight is 457 g/mol. The van der Waals surface area contributed by atoms with Gasteiger partial charge in [0.2, 0.25) is 5.91 Å². The first-order valence-electron chi connectivity index (χ1n) is 11.4. The fraction of sp³-hybridized carbons (Fsp3) is 0.250. The average Bonchev–Trinajstić information content (AvgIpc) is 2.85. The summed E-state index contributed by atoms with van der Waals surface area (Å²) in [6.45, 7) is 2.11. The number of hydrogen-bond donors (Lipinski definition) is 1. The van der Waals surface area contributed by atoms with E-state index in [0.717, 1.165) is 22.3 Å². The van der Waals surface area contributed by atoms with E-state index in [1.165, 1.54) is 4.90 Å². The zero-order chi connectivity index (χ0) is 24.1. The minimum Gasteiger partial charge on any atom is -0.480 e. The van der Waals surface area contributed by atoms with Crippen LogP contribution < -0.4 is 0 Å². The molecule has 4 rings (SSSR count). The topological polar surface area (TPSA) is 77.9 Å². The molecule has 1 atom stereocenters. The van der Waals surface area contributed by atoms with Gasteiger partial charge in [-0.2, -0.15) is 0 Å². The Kier molecular flexibility index (Phi) is 7.07. The number of aliphatic carboxylic acids is 1. The molecule has 0 saturated heterocycles. The Morgan fingerprint density at radius 2 is 1.56 bits per heavy atom. The second-order valence-corrected chi connectivity index (χ2v) is 8.68. The van der Waals surface area contributed by atoms with Crippen LogP contribution in [0.3, 0.4) is 0 Å². The van der Waals surface area contributed by atoms with Gasteiger partial charge in [-0.25, -0.2) is 0 Å². The predicted molar refractivity (Wildman–Crippen MR) is 129 cm³/mol. The first-order chi connectivity index (χ1) is 16.4. The minimum absolute atomic E-state index is 0.230. The molecule has 0 radical (unpaired) electrons. The monoisotopic (exact) mass is 456 g/mol. The number of amides is 2. The van der Waals surface area contributed by atoms with E-state index in [9.17, 15) is 19.5 Å². The smallest absolute Gasteiger partial charge is 0.323 e. The summed E-state index contributed by atoms with van der Waals surface area (Å²) in [7, 11) is 0. The highest BCUT2D eigenvalue weighted by Crippen LogP contribution is 2.26. The van der Waals surface area contributed by atoms with Gasteiger partial charge < -0.3 is 14.9 Å². The van der Waals surface area contributed by atoms with E-state index in [2.05, 4.69) is 0 Å². The molecule has 34 heavy (non-hydrogen) atoms. The van der Waals surface area contributed by atoms with Crippen LogP contribution in [0, 0.1) is 6.92 Å². The normalized spacial score (nSPS) is 14.9. The van der Waals surface area contributed by atoms with Gasteiger partial charge in [-0.05, 0) is 42.2 Å². The summed E-state index contributed by atoms with van der Waals surface area (Å²) in [6, 6.07) is 23.9. The van der Waals surface area contributed by atoms with Gasteiger partial charge in [0.15, 0.2) is 0 Å². The van der Waals surface area contributed by atoms with E-state index >= 15 is 0 Å². The lowest BCUT2D eigenvalue weighted by atomic mass is 9.92. The fourth-order valence-corrected chi connectivity index (χ4v) is 4.37. The summed E-state index contributed by atoms with van der Waals surface area (Å²) in [5, 5.41) is 9.49. The summed E-state index contributed by atoms with van der Waals surface area (Å²) in [5.41, 5.74) is 4.58. The summed E-state index contributed by atoms with van der Waals surface area (Å²) in [5.74, 6) is -1.64. The molecular weight excluding hydrogens is 428 g/mol. The van der Waals surface area contributed by atoms with Gasteiger partial charge in [-0.3, -0.25) is 14.4 Å². The van der Waals surface area contributed by atoms with Gasteiger partial charge in [0.25, 0.3) is 5.91 Å². The summed E-state index contributed by atoms with van der Waals surface area (Å²) >= 11 is 0. The maximum absolute atomic E-state index is 13.7. The number of hydrogen-bond acceptors (Lipinski definition) is 3. The third-order valence-electron chi connectivity index (χ3n) is 6.24. The molecule has 0 aromatic heterocycles. The van der Waals surface area contributed by atoms with Crippen LogP contribution in [0.5, 0.6) is 0 Å². The van der Waals surface area contributed by atoms with E-state index in [0.29, 0.717) is 24.9 Å². The molecule has 6 nitrogen and oxygen atoms in total. The highest BCUT2D eigenvalue weighted by molar-refractivity contribution is 5.98. The maximum Gasteiger partial charge on any atom is 0.323 e. The Hall–Kier alpha value is -3.93. The van der Waals surface area contributed by atoms with Crippen molar-refractivity contribution in [2.45, 2.75) is 32.4 Å². The van der Waals surface area contributed by atoms with Gasteiger partial charge in [0.1, 0.15) is 12.6 Å². The molecule has 3 aromatic carbocycles. The van der Waals surface area contributed by atoms with Gasteiger partial charge in [0.05, 0.1) is 0 Å². The number of aryl methyl sites for hydroxylation is 1. The van der Waals surface area contributed by atoms with E-state index in [1.54, 1.807) is 17.0 Å². The molecule has 1 aliphatic heterocycles. The molecule has 0 spiro atoms. The zero-order valence-corrected chi connectivity index (χ0v) is 19.2. The highest BCUT2D eigenvalue weighted by atomic mass is 16.4. The van der Waals surface area contributed by atoms with Gasteiger partial charge in [0, 0.05) is 25.1 Å². The standard InChI is InChI=1S/C28H28N2O4/c1-20-11-13-22(14-12-20)27(33)30-18-24-10-6-5-9-23(24)17-25(30)28(34)29(19-26(31)32)16-15-21-7-3-2-4-8-21/h2-14,25H,15-19H2,1H3,(H,31,32). The fourth-order valence-electron chi connectivity index (χ4n) is 4.37. The number of carbonyl (C=O) groups excluding carboxylic acids is 2. The molecular formula is C28H28N2O4. The first-order valence-corrected chi connectivity index (χ1v) is 11.4. The van der Waals surface area contributed by atoms with Crippen LogP contribution in [0.2, 0.25) is 0 Å². The van der Waals surface area contributed by atoms with Crippen LogP contribution in [0.1, 0.15) is 32.6 Å². The lowest BCUT2D eigenvalue weighted by Gasteiger charge is -2.38. The quantitative estimate of drug-likeness (QED) is 0.588. The van der Waals surface area contributed by atoms with Crippen molar-refractivity contribution in [2.24, 2.45) is 0 Å². The molecule has 2 amide bonds. The van der Waals surface area contributed by atoms with Gasteiger partial charge >= 0.3 is 5.97 Å². The lowest BCUT2D eigenvalue weighted by Crippen LogP contribution is -2.54. The SMILES string of the molecule is Cc1ccc(C(=O)N2Cc3ccccc3CC2C(=O)N(CCc2ccccc2)CC(=O)O)cc1. The van der Waals surface area contributed by atoms with Crippen molar-refractivity contribution in [3.8, 4) is 0 Å². The molecule has 0 saturated carbocycles. The van der Waals surface area contributed by atoms with Gasteiger partial charge in [-0.1, -0.05) is 72.3 Å². The number of rotatable bonds is 7. The van der Waals surface area contributed by atoms with E-state index in [1.807, 2.05) is 73.7 Å². The molecule has 1 aliphatic rings. The van der Waals surface area contributed by atoms with Crippen molar-refractivity contribution in [1.29, 1.82) is 0 Å². The Balaban J connectivity index is 1.63.